The van der Waals surface area contributed by atoms with Gasteiger partial charge in [-0.3, -0.25) is 6.08 Å². The molecule has 1 heterocycles. The van der Waals surface area contributed by atoms with Crippen molar-refractivity contribution < 1.29 is 50.7 Å². The van der Waals surface area contributed by atoms with Crippen molar-refractivity contribution in [3.05, 3.63) is 55.0 Å². The third-order valence-electron chi connectivity index (χ3n) is 5.72. The predicted molar refractivity (Wildman–Crippen MR) is 90.0 cm³/mol. The van der Waals surface area contributed by atoms with E-state index in [1.165, 1.54) is 18.9 Å². The zero-order valence-electron chi connectivity index (χ0n) is 13.8. The quantitative estimate of drug-likeness (QED) is 0.333. The van der Waals surface area contributed by atoms with Gasteiger partial charge >= 0.3 is 25.8 Å². The average molecular weight is 532 g/mol. The molecular weight excluding hydrogens is 506 g/mol. The van der Waals surface area contributed by atoms with E-state index in [4.69, 9.17) is 0 Å². The Morgan fingerprint density at radius 1 is 1.13 bits per heavy atom. The van der Waals surface area contributed by atoms with Crippen molar-refractivity contribution in [2.75, 3.05) is 0 Å². The van der Waals surface area contributed by atoms with Gasteiger partial charge in [-0.1, -0.05) is 55.8 Å². The number of halogens is 2. The third-order valence-corrected chi connectivity index (χ3v) is 11.9. The minimum atomic E-state index is -0.833. The summed E-state index contributed by atoms with van der Waals surface area (Å²) in [5, 5.41) is 0. The van der Waals surface area contributed by atoms with Crippen LogP contribution in [0.2, 0.25) is 23.7 Å². The molecule has 23 heavy (non-hydrogen) atoms. The third kappa shape index (κ3) is 5.30. The fourth-order valence-electron chi connectivity index (χ4n) is 4.30. The van der Waals surface area contributed by atoms with Gasteiger partial charge in [0.1, 0.15) is 0 Å². The molecular formula is C19H26Cl2HfSi. The Kier molecular flexibility index (Phi) is 11.6. The first-order chi connectivity index (χ1) is 9.86. The molecule has 3 atom stereocenters. The first kappa shape index (κ1) is 23.6. The zero-order chi connectivity index (χ0) is 13.8. The van der Waals surface area contributed by atoms with Crippen LogP contribution in [-0.2, 0) is 25.8 Å². The monoisotopic (exact) mass is 532 g/mol. The van der Waals surface area contributed by atoms with Crippen LogP contribution >= 0.6 is 0 Å². The first-order valence-electron chi connectivity index (χ1n) is 8.26. The van der Waals surface area contributed by atoms with Crippen LogP contribution in [-0.4, -0.2) is 8.07 Å². The molecule has 4 rings (SSSR count). The van der Waals surface area contributed by atoms with Gasteiger partial charge in [0.15, 0.2) is 0 Å². The van der Waals surface area contributed by atoms with E-state index in [0.29, 0.717) is 0 Å². The van der Waals surface area contributed by atoms with Gasteiger partial charge in [0, 0.05) is 8.07 Å². The van der Waals surface area contributed by atoms with E-state index in [-0.39, 0.29) is 50.7 Å². The van der Waals surface area contributed by atoms with Crippen molar-refractivity contribution in [3.63, 3.8) is 0 Å². The molecule has 1 aliphatic heterocycles. The molecule has 0 amide bonds. The normalized spacial score (nSPS) is 30.7. The van der Waals surface area contributed by atoms with Crippen LogP contribution in [0.4, 0.5) is 0 Å². The van der Waals surface area contributed by atoms with Crippen molar-refractivity contribution in [3.8, 4) is 0 Å². The van der Waals surface area contributed by atoms with Crippen molar-refractivity contribution in [1.29, 1.82) is 0 Å². The largest absolute Gasteiger partial charge is 4.00 e. The number of fused-ring (bicyclic) bond motifs is 1. The van der Waals surface area contributed by atoms with Crippen molar-refractivity contribution in [1.82, 2.24) is 0 Å². The standard InChI is InChI=1S/C14H21Si.C5H5.2ClH.Hf/c1-2-15(10-5-11-15)14-9-8-12-6-3-4-7-13(12)14;1-2-4-5-3-1;;;/h3-4,6-7,9,12-14H,2,5,8,10-11H2,1H3;1-3H,4H2;2*1H;/q2*-1;;;+4/p-2. The van der Waals surface area contributed by atoms with Gasteiger partial charge in [0.05, 0.1) is 0 Å². The van der Waals surface area contributed by atoms with Gasteiger partial charge in [-0.25, -0.2) is 12.2 Å². The van der Waals surface area contributed by atoms with Crippen LogP contribution in [0.1, 0.15) is 26.2 Å². The van der Waals surface area contributed by atoms with Gasteiger partial charge in [-0.05, 0) is 11.8 Å². The SMILES string of the molecule is CC[Si]1(C2[CH-]CC3C=CC=CC32)CCC1.[C-]1=CC=CC1.[Cl-].[Cl-].[Hf+4]. The molecule has 0 spiro atoms. The van der Waals surface area contributed by atoms with Crippen LogP contribution in [0, 0.1) is 24.3 Å². The molecule has 0 nitrogen and oxygen atoms in total. The fourth-order valence-corrected chi connectivity index (χ4v) is 9.22. The Morgan fingerprint density at radius 2 is 1.87 bits per heavy atom. The summed E-state index contributed by atoms with van der Waals surface area (Å²) >= 11 is 0. The Morgan fingerprint density at radius 3 is 2.35 bits per heavy atom. The maximum atomic E-state index is 2.99. The predicted octanol–water partition coefficient (Wildman–Crippen LogP) is -0.493. The zero-order valence-corrected chi connectivity index (χ0v) is 20.0. The van der Waals surface area contributed by atoms with Gasteiger partial charge in [-0.2, -0.15) is 18.0 Å². The van der Waals surface area contributed by atoms with E-state index < -0.39 is 8.07 Å². The molecule has 3 unspecified atom stereocenters. The van der Waals surface area contributed by atoms with E-state index in [0.717, 1.165) is 23.8 Å². The van der Waals surface area contributed by atoms with E-state index in [9.17, 15) is 0 Å². The molecule has 0 aromatic heterocycles. The molecule has 0 N–H and O–H groups in total. The maximum Gasteiger partial charge on any atom is 4.00 e. The van der Waals surface area contributed by atoms with Crippen LogP contribution in [0.15, 0.2) is 42.5 Å². The molecule has 1 saturated heterocycles. The summed E-state index contributed by atoms with van der Waals surface area (Å²) in [6, 6.07) is 4.76. The molecule has 0 radical (unpaired) electrons. The average Bonchev–Trinajstić information content (AvgIpc) is 3.11. The molecule has 4 aliphatic rings. The molecule has 2 fully saturated rings. The van der Waals surface area contributed by atoms with Gasteiger partial charge in [0.2, 0.25) is 0 Å². The Hall–Kier alpha value is 0.627. The minimum Gasteiger partial charge on any atom is -1.00 e. The topological polar surface area (TPSA) is 0 Å². The van der Waals surface area contributed by atoms with Crippen LogP contribution < -0.4 is 24.8 Å². The smallest absolute Gasteiger partial charge is 1.00 e. The summed E-state index contributed by atoms with van der Waals surface area (Å²) in [4.78, 5) is 0. The van der Waals surface area contributed by atoms with E-state index >= 15 is 0 Å². The van der Waals surface area contributed by atoms with E-state index in [2.05, 4.69) is 49.8 Å². The summed E-state index contributed by atoms with van der Waals surface area (Å²) in [6.45, 7) is 2.45. The molecule has 0 bridgehead atoms. The maximum absolute atomic E-state index is 2.99. The summed E-state index contributed by atoms with van der Waals surface area (Å²) in [7, 11) is -0.833. The van der Waals surface area contributed by atoms with Crippen molar-refractivity contribution in [2.45, 2.75) is 49.9 Å². The summed E-state index contributed by atoms with van der Waals surface area (Å²) in [5.41, 5.74) is 1.02. The van der Waals surface area contributed by atoms with Crippen LogP contribution in [0.5, 0.6) is 0 Å². The van der Waals surface area contributed by atoms with Crippen LogP contribution in [0.25, 0.3) is 0 Å². The summed E-state index contributed by atoms with van der Waals surface area (Å²) in [5.74, 6) is 1.75. The second kappa shape index (κ2) is 11.3. The minimum absolute atomic E-state index is 0. The second-order valence-corrected chi connectivity index (χ2v) is 11.7. The van der Waals surface area contributed by atoms with Gasteiger partial charge < -0.3 is 31.2 Å². The fraction of sp³-hybridized carbons (Fsp3) is 0.526. The van der Waals surface area contributed by atoms with Crippen molar-refractivity contribution >= 4 is 8.07 Å². The van der Waals surface area contributed by atoms with Crippen LogP contribution in [0.3, 0.4) is 0 Å². The number of allylic oxidation sites excluding steroid dienone is 8. The number of rotatable bonds is 2. The van der Waals surface area contributed by atoms with E-state index in [1.807, 2.05) is 12.2 Å². The van der Waals surface area contributed by atoms with Crippen molar-refractivity contribution in [2.24, 2.45) is 11.8 Å². The number of hydrogen-bond donors (Lipinski definition) is 0. The molecule has 1 saturated carbocycles. The van der Waals surface area contributed by atoms with Gasteiger partial charge in [0.25, 0.3) is 0 Å². The second-order valence-electron chi connectivity index (χ2n) is 6.58. The molecule has 0 aromatic rings. The Labute approximate surface area is 174 Å². The molecule has 124 valence electrons. The Balaban J connectivity index is 0.000000529. The molecule has 4 heteroatoms. The Bertz CT molecular complexity index is 437. The molecule has 3 aliphatic carbocycles. The summed E-state index contributed by atoms with van der Waals surface area (Å²) < 4.78 is 0. The molecule has 0 aromatic carbocycles. The van der Waals surface area contributed by atoms with Gasteiger partial charge in [-0.15, -0.1) is 6.42 Å². The summed E-state index contributed by atoms with van der Waals surface area (Å²) in [6.07, 6.45) is 25.1. The number of hydrogen-bond acceptors (Lipinski definition) is 0. The first-order valence-corrected chi connectivity index (χ1v) is 11.0. The van der Waals surface area contributed by atoms with E-state index in [1.54, 1.807) is 12.1 Å².